The van der Waals surface area contributed by atoms with E-state index in [1.807, 2.05) is 20.0 Å². The number of fused-ring (bicyclic) bond motifs is 1. The van der Waals surface area contributed by atoms with Crippen molar-refractivity contribution in [3.63, 3.8) is 0 Å². The number of aromatic nitrogens is 2. The number of hydrogen-bond donors (Lipinski definition) is 2. The van der Waals surface area contributed by atoms with Crippen molar-refractivity contribution in [1.29, 1.82) is 0 Å². The van der Waals surface area contributed by atoms with Crippen LogP contribution in [0.1, 0.15) is 62.1 Å². The van der Waals surface area contributed by atoms with E-state index in [9.17, 15) is 9.59 Å². The van der Waals surface area contributed by atoms with Gasteiger partial charge in [0.05, 0.1) is 12.2 Å². The number of amides is 1. The van der Waals surface area contributed by atoms with Gasteiger partial charge < -0.3 is 14.9 Å². The van der Waals surface area contributed by atoms with Gasteiger partial charge in [0.15, 0.2) is 0 Å². The maximum Gasteiger partial charge on any atom is 0.269 e. The number of nitrogens with zero attached hydrogens (tertiary/aromatic N) is 2. The van der Waals surface area contributed by atoms with Crippen molar-refractivity contribution in [3.8, 4) is 11.3 Å². The molecule has 0 aliphatic carbocycles. The summed E-state index contributed by atoms with van der Waals surface area (Å²) in [6.45, 7) is 11.3. The van der Waals surface area contributed by atoms with Gasteiger partial charge in [-0.25, -0.2) is 0 Å². The predicted molar refractivity (Wildman–Crippen MR) is 140 cm³/mol. The molecule has 2 N–H and O–H groups in total. The highest BCUT2D eigenvalue weighted by Crippen LogP contribution is 2.39. The number of pyridine rings is 1. The average molecular weight is 483 g/mol. The van der Waals surface area contributed by atoms with Gasteiger partial charge in [-0.2, -0.15) is 0 Å². The molecule has 1 amide bonds. The highest BCUT2D eigenvalue weighted by molar-refractivity contribution is 6.31. The molecule has 3 aromatic rings. The maximum absolute atomic E-state index is 12.3. The molecule has 0 bridgehead atoms. The zero-order valence-corrected chi connectivity index (χ0v) is 21.6. The standard InChI is InChI=1S/C27H35ClN4O2/c1-6-29-23(33)15-32-11-9-18(10-12-32)19-7-8-22-20(13-19)24(16(2)3)26(30-22)21-14-31(5)27(34)25(28)17(21)4/h7-8,13-14,16,18,30H,6,9-12,15H2,1-5H3,(H,29,33). The van der Waals surface area contributed by atoms with E-state index in [4.69, 9.17) is 11.6 Å². The van der Waals surface area contributed by atoms with E-state index < -0.39 is 0 Å². The summed E-state index contributed by atoms with van der Waals surface area (Å²) in [4.78, 5) is 30.1. The Kier molecular flexibility index (Phi) is 7.20. The number of nitrogens with one attached hydrogen (secondary N) is 2. The van der Waals surface area contributed by atoms with Crippen molar-refractivity contribution >= 4 is 28.4 Å². The van der Waals surface area contributed by atoms with Crippen molar-refractivity contribution in [1.82, 2.24) is 19.8 Å². The van der Waals surface area contributed by atoms with Crippen molar-refractivity contribution < 1.29 is 4.79 Å². The van der Waals surface area contributed by atoms with E-state index in [-0.39, 0.29) is 16.5 Å². The number of H-pyrrole nitrogens is 1. The Hall–Kier alpha value is -2.57. The summed E-state index contributed by atoms with van der Waals surface area (Å²) in [5, 5.41) is 4.40. The van der Waals surface area contributed by atoms with E-state index in [1.165, 1.54) is 16.5 Å². The highest BCUT2D eigenvalue weighted by Gasteiger charge is 2.24. The van der Waals surface area contributed by atoms with Crippen LogP contribution in [0.2, 0.25) is 5.02 Å². The average Bonchev–Trinajstić information content (AvgIpc) is 3.19. The van der Waals surface area contributed by atoms with Gasteiger partial charge in [-0.05, 0) is 80.4 Å². The molecule has 0 radical (unpaired) electrons. The summed E-state index contributed by atoms with van der Waals surface area (Å²) in [7, 11) is 1.74. The fourth-order valence-electron chi connectivity index (χ4n) is 5.21. The lowest BCUT2D eigenvalue weighted by Gasteiger charge is -2.31. The molecule has 0 spiro atoms. The minimum Gasteiger partial charge on any atom is -0.355 e. The van der Waals surface area contributed by atoms with Gasteiger partial charge in [-0.3, -0.25) is 14.5 Å². The van der Waals surface area contributed by atoms with Crippen LogP contribution < -0.4 is 10.9 Å². The van der Waals surface area contributed by atoms with E-state index >= 15 is 0 Å². The van der Waals surface area contributed by atoms with Crippen LogP contribution in [0.5, 0.6) is 0 Å². The highest BCUT2D eigenvalue weighted by atomic mass is 35.5. The van der Waals surface area contributed by atoms with Gasteiger partial charge in [-0.1, -0.05) is 31.5 Å². The molecule has 1 fully saturated rings. The van der Waals surface area contributed by atoms with Crippen LogP contribution >= 0.6 is 11.6 Å². The monoisotopic (exact) mass is 482 g/mol. The van der Waals surface area contributed by atoms with Crippen molar-refractivity contribution in [3.05, 3.63) is 56.5 Å². The number of benzene rings is 1. The summed E-state index contributed by atoms with van der Waals surface area (Å²) in [5.41, 5.74) is 6.33. The molecule has 7 heteroatoms. The smallest absolute Gasteiger partial charge is 0.269 e. The lowest BCUT2D eigenvalue weighted by Crippen LogP contribution is -2.41. The first-order valence-corrected chi connectivity index (χ1v) is 12.6. The number of aromatic amines is 1. The van der Waals surface area contributed by atoms with Gasteiger partial charge in [0.25, 0.3) is 5.56 Å². The molecule has 4 rings (SSSR count). The molecule has 1 aromatic carbocycles. The lowest BCUT2D eigenvalue weighted by atomic mass is 9.87. The molecule has 2 aromatic heterocycles. The van der Waals surface area contributed by atoms with E-state index in [0.29, 0.717) is 24.9 Å². The van der Waals surface area contributed by atoms with Crippen molar-refractivity contribution in [2.75, 3.05) is 26.2 Å². The summed E-state index contributed by atoms with van der Waals surface area (Å²) < 4.78 is 1.56. The van der Waals surface area contributed by atoms with Crippen LogP contribution in [0.3, 0.4) is 0 Å². The SMILES string of the molecule is CCNC(=O)CN1CCC(c2ccc3[nH]c(-c4cn(C)c(=O)c(Cl)c4C)c(C(C)C)c3c2)CC1. The zero-order chi connectivity index (χ0) is 24.6. The maximum atomic E-state index is 12.3. The molecule has 0 unspecified atom stereocenters. The van der Waals surface area contributed by atoms with Crippen LogP contribution in [0.25, 0.3) is 22.2 Å². The van der Waals surface area contributed by atoms with E-state index in [0.717, 1.165) is 48.3 Å². The minimum atomic E-state index is -0.175. The second kappa shape index (κ2) is 9.96. The molecule has 182 valence electrons. The molecular weight excluding hydrogens is 448 g/mol. The third-order valence-corrected chi connectivity index (χ3v) is 7.52. The second-order valence-electron chi connectivity index (χ2n) is 9.78. The molecule has 0 saturated carbocycles. The fourth-order valence-corrected chi connectivity index (χ4v) is 5.45. The number of likely N-dealkylation sites (tertiary alicyclic amines) is 1. The Balaban J connectivity index is 1.66. The lowest BCUT2D eigenvalue weighted by molar-refractivity contribution is -0.122. The Labute approximate surface area is 206 Å². The van der Waals surface area contributed by atoms with Gasteiger partial charge >= 0.3 is 0 Å². The Morgan fingerprint density at radius 2 is 1.97 bits per heavy atom. The summed E-state index contributed by atoms with van der Waals surface area (Å²) in [6, 6.07) is 6.76. The predicted octanol–water partition coefficient (Wildman–Crippen LogP) is 4.93. The molecule has 1 aliphatic heterocycles. The molecule has 3 heterocycles. The number of carbonyl (C=O) groups is 1. The largest absolute Gasteiger partial charge is 0.355 e. The first-order valence-electron chi connectivity index (χ1n) is 12.2. The number of piperidine rings is 1. The van der Waals surface area contributed by atoms with Crippen LogP contribution in [-0.2, 0) is 11.8 Å². The molecule has 1 saturated heterocycles. The zero-order valence-electron chi connectivity index (χ0n) is 20.8. The van der Waals surface area contributed by atoms with Crippen LogP contribution in [0.15, 0.2) is 29.2 Å². The number of hydrogen-bond acceptors (Lipinski definition) is 3. The second-order valence-corrected chi connectivity index (χ2v) is 10.2. The molecule has 6 nitrogen and oxygen atoms in total. The van der Waals surface area contributed by atoms with Crippen molar-refractivity contribution in [2.45, 2.75) is 52.4 Å². The Morgan fingerprint density at radius 3 is 2.62 bits per heavy atom. The number of carbonyl (C=O) groups excluding carboxylic acids is 1. The summed E-state index contributed by atoms with van der Waals surface area (Å²) in [6.07, 6.45) is 3.98. The number of rotatable bonds is 6. The minimum absolute atomic E-state index is 0.109. The summed E-state index contributed by atoms with van der Waals surface area (Å²) >= 11 is 6.38. The summed E-state index contributed by atoms with van der Waals surface area (Å²) in [5.74, 6) is 0.896. The first kappa shape index (κ1) is 24.6. The fraction of sp³-hybridized carbons (Fsp3) is 0.481. The Morgan fingerprint density at radius 1 is 1.26 bits per heavy atom. The van der Waals surface area contributed by atoms with Crippen LogP contribution in [-0.4, -0.2) is 46.5 Å². The molecule has 0 atom stereocenters. The van der Waals surface area contributed by atoms with E-state index in [2.05, 4.69) is 47.2 Å². The number of aryl methyl sites for hydroxylation is 1. The van der Waals surface area contributed by atoms with Crippen molar-refractivity contribution in [2.24, 2.45) is 7.05 Å². The first-order chi connectivity index (χ1) is 16.2. The van der Waals surface area contributed by atoms with Crippen LogP contribution in [0, 0.1) is 6.92 Å². The van der Waals surface area contributed by atoms with E-state index in [1.54, 1.807) is 11.6 Å². The number of likely N-dealkylation sites (N-methyl/N-ethyl adjacent to an activating group) is 1. The molecule has 1 aliphatic rings. The third kappa shape index (κ3) is 4.66. The topological polar surface area (TPSA) is 70.1 Å². The van der Waals surface area contributed by atoms with Gasteiger partial charge in [0.2, 0.25) is 5.91 Å². The van der Waals surface area contributed by atoms with Gasteiger partial charge in [0.1, 0.15) is 5.02 Å². The van der Waals surface area contributed by atoms with Crippen LogP contribution in [0.4, 0.5) is 0 Å². The molecular formula is C27H35ClN4O2. The Bertz CT molecular complexity index is 1270. The normalized spacial score (nSPS) is 15.4. The van der Waals surface area contributed by atoms with Gasteiger partial charge in [0, 0.05) is 36.3 Å². The quantitative estimate of drug-likeness (QED) is 0.523. The number of halogens is 1. The molecule has 34 heavy (non-hydrogen) atoms. The van der Waals surface area contributed by atoms with Gasteiger partial charge in [-0.15, -0.1) is 0 Å². The third-order valence-electron chi connectivity index (χ3n) is 7.07.